The van der Waals surface area contributed by atoms with Gasteiger partial charge >= 0.3 is 0 Å². The van der Waals surface area contributed by atoms with Crippen LogP contribution < -0.4 is 20.9 Å². The molecule has 0 spiro atoms. The van der Waals surface area contributed by atoms with Crippen molar-refractivity contribution in [3.05, 3.63) is 113 Å². The van der Waals surface area contributed by atoms with Gasteiger partial charge in [0.15, 0.2) is 0 Å². The summed E-state index contributed by atoms with van der Waals surface area (Å²) in [5.41, 5.74) is 10.7. The Morgan fingerprint density at radius 1 is 0.918 bits per heavy atom. The average Bonchev–Trinajstić information content (AvgIpc) is 3.19. The maximum atomic E-state index is 14.7. The third-order valence-electron chi connectivity index (χ3n) is 9.90. The molecule has 0 saturated heterocycles. The number of para-hydroxylation sites is 3. The van der Waals surface area contributed by atoms with Crippen LogP contribution in [-0.2, 0) is 20.9 Å². The van der Waals surface area contributed by atoms with Gasteiger partial charge in [-0.3, -0.25) is 14.4 Å². The molecule has 49 heavy (non-hydrogen) atoms. The molecule has 1 aliphatic heterocycles. The lowest BCUT2D eigenvalue weighted by atomic mass is 9.74. The Kier molecular flexibility index (Phi) is 10.6. The molecule has 3 amide bonds. The van der Waals surface area contributed by atoms with E-state index in [1.165, 1.54) is 6.07 Å². The molecule has 1 aliphatic carbocycles. The van der Waals surface area contributed by atoms with Crippen molar-refractivity contribution >= 4 is 46.4 Å². The molecule has 1 saturated carbocycles. The largest absolute Gasteiger partial charge is 0.369 e. The summed E-state index contributed by atoms with van der Waals surface area (Å²) >= 11 is 6.10. The zero-order chi connectivity index (χ0) is 34.5. The molecule has 1 unspecified atom stereocenters. The van der Waals surface area contributed by atoms with Crippen LogP contribution in [0.5, 0.6) is 0 Å². The highest BCUT2D eigenvalue weighted by Gasteiger charge is 2.40. The van der Waals surface area contributed by atoms with Crippen molar-refractivity contribution in [2.75, 3.05) is 16.3 Å². The normalized spacial score (nSPS) is 17.4. The van der Waals surface area contributed by atoms with Crippen LogP contribution in [0.2, 0.25) is 5.02 Å². The van der Waals surface area contributed by atoms with E-state index in [1.54, 1.807) is 17.0 Å². The van der Waals surface area contributed by atoms with Crippen LogP contribution in [-0.4, -0.2) is 30.3 Å². The Bertz CT molecular complexity index is 1810. The zero-order valence-electron chi connectivity index (χ0n) is 27.7. The van der Waals surface area contributed by atoms with E-state index in [0.29, 0.717) is 24.4 Å². The second-order valence-electron chi connectivity index (χ2n) is 13.2. The first kappa shape index (κ1) is 34.2. The molecule has 9 heteroatoms. The van der Waals surface area contributed by atoms with Crippen LogP contribution in [0.25, 0.3) is 11.1 Å². The summed E-state index contributed by atoms with van der Waals surface area (Å²) in [7, 11) is 0. The van der Waals surface area contributed by atoms with Gasteiger partial charge in [-0.05, 0) is 77.9 Å². The molecule has 3 N–H and O–H groups in total. The molecule has 7 nitrogen and oxygen atoms in total. The predicted molar refractivity (Wildman–Crippen MR) is 193 cm³/mol. The minimum absolute atomic E-state index is 0.0345. The van der Waals surface area contributed by atoms with Gasteiger partial charge in [-0.25, -0.2) is 4.39 Å². The van der Waals surface area contributed by atoms with Crippen molar-refractivity contribution in [3.8, 4) is 11.1 Å². The quantitative estimate of drug-likeness (QED) is 0.158. The van der Waals surface area contributed by atoms with Crippen LogP contribution >= 0.6 is 11.6 Å². The maximum Gasteiger partial charge on any atom is 0.251 e. The number of amides is 3. The molecule has 4 aromatic carbocycles. The smallest absolute Gasteiger partial charge is 0.251 e. The van der Waals surface area contributed by atoms with Gasteiger partial charge in [0.1, 0.15) is 11.9 Å². The van der Waals surface area contributed by atoms with Crippen LogP contribution in [0.4, 0.5) is 21.5 Å². The summed E-state index contributed by atoms with van der Waals surface area (Å²) in [6.07, 6.45) is 4.98. The van der Waals surface area contributed by atoms with Gasteiger partial charge in [-0.1, -0.05) is 98.8 Å². The minimum atomic E-state index is -0.918. The van der Waals surface area contributed by atoms with E-state index >= 15 is 0 Å². The lowest BCUT2D eigenvalue weighted by Gasteiger charge is -2.33. The Hall–Kier alpha value is -4.69. The summed E-state index contributed by atoms with van der Waals surface area (Å²) in [5, 5.41) is 3.16. The number of nitrogens with zero attached hydrogens (tertiary/aromatic N) is 2. The molecule has 0 bridgehead atoms. The second kappa shape index (κ2) is 15.2. The number of nitrogens with one attached hydrogen (secondary N) is 1. The Balaban J connectivity index is 1.37. The Labute approximate surface area is 292 Å². The highest BCUT2D eigenvalue weighted by molar-refractivity contribution is 6.31. The number of halogens is 2. The van der Waals surface area contributed by atoms with E-state index in [2.05, 4.69) is 10.2 Å². The molecule has 1 heterocycles. The first-order valence-corrected chi connectivity index (χ1v) is 17.5. The van der Waals surface area contributed by atoms with E-state index < -0.39 is 29.6 Å². The van der Waals surface area contributed by atoms with Crippen LogP contribution in [0.3, 0.4) is 0 Å². The van der Waals surface area contributed by atoms with Gasteiger partial charge in [0.05, 0.1) is 29.5 Å². The van der Waals surface area contributed by atoms with Crippen molar-refractivity contribution in [1.29, 1.82) is 0 Å². The predicted octanol–water partition coefficient (Wildman–Crippen LogP) is 8.02. The molecule has 2 aliphatic rings. The number of nitrogens with two attached hydrogens (primary N) is 1. The van der Waals surface area contributed by atoms with Gasteiger partial charge in [0, 0.05) is 17.5 Å². The molecule has 0 aromatic heterocycles. The maximum absolute atomic E-state index is 14.7. The lowest BCUT2D eigenvalue weighted by Crippen LogP contribution is -2.54. The number of hydrogen-bond acceptors (Lipinski definition) is 4. The molecule has 6 rings (SSSR count). The van der Waals surface area contributed by atoms with E-state index in [1.807, 2.05) is 85.8 Å². The SMILES string of the molecule is CCC[C@H](C(N)=O)[C@@H](CC1CCC1)C(=O)NC1CN(c2ccccc2)c2ccccc2N(Cc2cccc(-c3ccc(F)c(Cl)c3)c2)C1=O. The van der Waals surface area contributed by atoms with Gasteiger partial charge in [-0.2, -0.15) is 0 Å². The molecular weight excluding hydrogens is 639 g/mol. The number of rotatable bonds is 12. The standard InChI is InChI=1S/C40H42ClFN4O3/c1-2-10-31(38(43)47)32(22-26-11-8-12-26)39(48)44-35-25-45(30-15-4-3-5-16-30)36-17-6-7-18-37(36)46(40(35)49)24-27-13-9-14-28(21-27)29-19-20-34(42)33(41)23-29/h3-7,9,13-21,23,26,31-32,35H,2,8,10-12,22,24-25H2,1H3,(H2,43,47)(H,44,48)/t31-,32+,35?/m0/s1. The number of anilines is 3. The summed E-state index contributed by atoms with van der Waals surface area (Å²) in [6.45, 7) is 2.40. The summed E-state index contributed by atoms with van der Waals surface area (Å²) in [5.74, 6) is -2.39. The number of fused-ring (bicyclic) bond motifs is 1. The van der Waals surface area contributed by atoms with Gasteiger partial charge in [0.25, 0.3) is 5.91 Å². The highest BCUT2D eigenvalue weighted by Crippen LogP contribution is 2.39. The summed E-state index contributed by atoms with van der Waals surface area (Å²) in [6, 6.07) is 28.9. The topological polar surface area (TPSA) is 95.7 Å². The first-order valence-electron chi connectivity index (χ1n) is 17.1. The van der Waals surface area contributed by atoms with Crippen LogP contribution in [0.15, 0.2) is 97.1 Å². The minimum Gasteiger partial charge on any atom is -0.369 e. The van der Waals surface area contributed by atoms with Crippen molar-refractivity contribution in [3.63, 3.8) is 0 Å². The molecule has 1 fully saturated rings. The number of benzene rings is 4. The summed E-state index contributed by atoms with van der Waals surface area (Å²) < 4.78 is 13.9. The van der Waals surface area contributed by atoms with E-state index in [-0.39, 0.29) is 29.9 Å². The first-order chi connectivity index (χ1) is 23.7. The van der Waals surface area contributed by atoms with E-state index in [4.69, 9.17) is 17.3 Å². The molecular formula is C40H42ClFN4O3. The van der Waals surface area contributed by atoms with Gasteiger partial charge < -0.3 is 20.9 Å². The fourth-order valence-electron chi connectivity index (χ4n) is 7.09. The number of carbonyl (C=O) groups is 3. The van der Waals surface area contributed by atoms with Gasteiger partial charge in [0.2, 0.25) is 11.8 Å². The van der Waals surface area contributed by atoms with Crippen molar-refractivity contribution in [2.45, 2.75) is 58.0 Å². The summed E-state index contributed by atoms with van der Waals surface area (Å²) in [4.78, 5) is 45.4. The van der Waals surface area contributed by atoms with Crippen LogP contribution in [0.1, 0.15) is 51.0 Å². The highest BCUT2D eigenvalue weighted by atomic mass is 35.5. The second-order valence-corrected chi connectivity index (χ2v) is 13.6. The fraction of sp³-hybridized carbons (Fsp3) is 0.325. The lowest BCUT2D eigenvalue weighted by molar-refractivity contribution is -0.136. The number of primary amides is 1. The van der Waals surface area contributed by atoms with E-state index in [9.17, 15) is 18.8 Å². The number of carbonyl (C=O) groups excluding carboxylic acids is 3. The average molecular weight is 681 g/mol. The Morgan fingerprint density at radius 2 is 1.63 bits per heavy atom. The third kappa shape index (κ3) is 7.65. The fourth-order valence-corrected chi connectivity index (χ4v) is 7.27. The third-order valence-corrected chi connectivity index (χ3v) is 10.2. The van der Waals surface area contributed by atoms with Crippen molar-refractivity contribution < 1.29 is 18.8 Å². The molecule has 3 atom stereocenters. The van der Waals surface area contributed by atoms with Gasteiger partial charge in [-0.15, -0.1) is 0 Å². The molecule has 254 valence electrons. The molecule has 0 radical (unpaired) electrons. The zero-order valence-corrected chi connectivity index (χ0v) is 28.4. The van der Waals surface area contributed by atoms with E-state index in [0.717, 1.165) is 53.7 Å². The van der Waals surface area contributed by atoms with Crippen molar-refractivity contribution in [1.82, 2.24) is 5.32 Å². The molecule has 4 aromatic rings. The Morgan fingerprint density at radius 3 is 2.31 bits per heavy atom. The monoisotopic (exact) mass is 680 g/mol. The van der Waals surface area contributed by atoms with Crippen LogP contribution in [0, 0.1) is 23.6 Å². The van der Waals surface area contributed by atoms with Crippen molar-refractivity contribution in [2.24, 2.45) is 23.5 Å². The number of hydrogen-bond donors (Lipinski definition) is 2.